The summed E-state index contributed by atoms with van der Waals surface area (Å²) >= 11 is 2.65. The van der Waals surface area contributed by atoms with Gasteiger partial charge in [-0.05, 0) is 31.2 Å². The van der Waals surface area contributed by atoms with Gasteiger partial charge in [0.15, 0.2) is 10.3 Å². The zero-order valence-electron chi connectivity index (χ0n) is 12.9. The Hall–Kier alpha value is -2.26. The van der Waals surface area contributed by atoms with E-state index in [-0.39, 0.29) is 17.0 Å². The van der Waals surface area contributed by atoms with Gasteiger partial charge in [0.25, 0.3) is 0 Å². The van der Waals surface area contributed by atoms with Crippen LogP contribution in [0.2, 0.25) is 0 Å². The van der Waals surface area contributed by atoms with E-state index in [1.165, 1.54) is 35.2 Å². The lowest BCUT2D eigenvalue weighted by atomic mass is 10.2. The Balaban J connectivity index is 1.64. The zero-order chi connectivity index (χ0) is 17.1. The number of halogens is 1. The van der Waals surface area contributed by atoms with E-state index in [1.807, 2.05) is 12.4 Å². The number of nitrogens with zero attached hydrogens (tertiary/aromatic N) is 4. The highest BCUT2D eigenvalue weighted by molar-refractivity contribution is 8.00. The summed E-state index contributed by atoms with van der Waals surface area (Å²) in [6, 6.07) is 6.07. The van der Waals surface area contributed by atoms with Crippen molar-refractivity contribution in [3.63, 3.8) is 0 Å². The Labute approximate surface area is 146 Å². The second-order valence-electron chi connectivity index (χ2n) is 5.02. The molecule has 1 amide bonds. The molecule has 124 valence electrons. The number of rotatable bonds is 5. The summed E-state index contributed by atoms with van der Waals surface area (Å²) in [6.07, 6.45) is 1.59. The standard InChI is InChI=1S/C15H14FN5OS2/c1-9(24-15-20-17-8-21(15)2)13(22)19-14-18-12(7-23-14)10-3-5-11(16)6-4-10/h3-9H,1-2H3,(H,18,19,22)/t9-/m0/s1. The van der Waals surface area contributed by atoms with Crippen LogP contribution in [-0.4, -0.2) is 30.9 Å². The van der Waals surface area contributed by atoms with E-state index in [0.29, 0.717) is 16.0 Å². The minimum absolute atomic E-state index is 0.164. The lowest BCUT2D eigenvalue weighted by Gasteiger charge is -2.09. The number of nitrogens with one attached hydrogen (secondary N) is 1. The first-order valence-corrected chi connectivity index (χ1v) is 8.82. The highest BCUT2D eigenvalue weighted by Gasteiger charge is 2.18. The van der Waals surface area contributed by atoms with Gasteiger partial charge in [0.2, 0.25) is 5.91 Å². The quantitative estimate of drug-likeness (QED) is 0.705. The molecule has 1 atom stereocenters. The Kier molecular flexibility index (Phi) is 4.91. The first-order valence-electron chi connectivity index (χ1n) is 7.06. The highest BCUT2D eigenvalue weighted by Crippen LogP contribution is 2.26. The molecule has 0 saturated heterocycles. The predicted molar refractivity (Wildman–Crippen MR) is 92.5 cm³/mol. The van der Waals surface area contributed by atoms with Crippen LogP contribution in [0.3, 0.4) is 0 Å². The molecule has 0 spiro atoms. The lowest BCUT2D eigenvalue weighted by molar-refractivity contribution is -0.115. The summed E-state index contributed by atoms with van der Waals surface area (Å²) in [5.74, 6) is -0.458. The van der Waals surface area contributed by atoms with E-state index >= 15 is 0 Å². The molecule has 0 saturated carbocycles. The Bertz CT molecular complexity index is 846. The van der Waals surface area contributed by atoms with Gasteiger partial charge in [-0.25, -0.2) is 9.37 Å². The molecule has 0 unspecified atom stereocenters. The van der Waals surface area contributed by atoms with E-state index in [1.54, 1.807) is 30.0 Å². The number of thioether (sulfide) groups is 1. The second-order valence-corrected chi connectivity index (χ2v) is 7.18. The van der Waals surface area contributed by atoms with Gasteiger partial charge >= 0.3 is 0 Å². The third kappa shape index (κ3) is 3.80. The lowest BCUT2D eigenvalue weighted by Crippen LogP contribution is -2.22. The highest BCUT2D eigenvalue weighted by atomic mass is 32.2. The third-order valence-electron chi connectivity index (χ3n) is 3.20. The first-order chi connectivity index (χ1) is 11.5. The number of amides is 1. The van der Waals surface area contributed by atoms with Crippen molar-refractivity contribution < 1.29 is 9.18 Å². The van der Waals surface area contributed by atoms with Crippen molar-refractivity contribution >= 4 is 34.1 Å². The Morgan fingerprint density at radius 2 is 2.12 bits per heavy atom. The summed E-state index contributed by atoms with van der Waals surface area (Å²) in [6.45, 7) is 1.79. The van der Waals surface area contributed by atoms with Crippen LogP contribution in [0, 0.1) is 5.82 Å². The molecule has 6 nitrogen and oxygen atoms in total. The van der Waals surface area contributed by atoms with Crippen molar-refractivity contribution in [1.82, 2.24) is 19.7 Å². The maximum absolute atomic E-state index is 13.0. The van der Waals surface area contributed by atoms with Crippen molar-refractivity contribution in [2.24, 2.45) is 7.05 Å². The van der Waals surface area contributed by atoms with Crippen molar-refractivity contribution in [3.05, 3.63) is 41.8 Å². The molecule has 0 aliphatic heterocycles. The summed E-state index contributed by atoms with van der Waals surface area (Å²) in [5, 5.41) is 13.2. The number of thiazole rings is 1. The molecule has 0 aliphatic rings. The average molecular weight is 363 g/mol. The normalized spacial score (nSPS) is 12.1. The van der Waals surface area contributed by atoms with Crippen molar-refractivity contribution in [1.29, 1.82) is 0 Å². The molecule has 24 heavy (non-hydrogen) atoms. The van der Waals surface area contributed by atoms with E-state index in [0.717, 1.165) is 5.56 Å². The fourth-order valence-corrected chi connectivity index (χ4v) is 3.39. The third-order valence-corrected chi connectivity index (χ3v) is 5.10. The van der Waals surface area contributed by atoms with Crippen LogP contribution in [0.1, 0.15) is 6.92 Å². The molecule has 1 aromatic carbocycles. The smallest absolute Gasteiger partial charge is 0.239 e. The van der Waals surface area contributed by atoms with E-state index in [2.05, 4.69) is 20.5 Å². The van der Waals surface area contributed by atoms with Crippen LogP contribution >= 0.6 is 23.1 Å². The molecule has 2 heterocycles. The summed E-state index contributed by atoms with van der Waals surface area (Å²) in [7, 11) is 1.82. The van der Waals surface area contributed by atoms with E-state index in [9.17, 15) is 9.18 Å². The minimum atomic E-state index is -0.342. The van der Waals surface area contributed by atoms with Gasteiger partial charge in [0, 0.05) is 18.0 Å². The van der Waals surface area contributed by atoms with Crippen LogP contribution in [0.25, 0.3) is 11.3 Å². The van der Waals surface area contributed by atoms with Gasteiger partial charge < -0.3 is 9.88 Å². The van der Waals surface area contributed by atoms with Gasteiger partial charge in [-0.15, -0.1) is 21.5 Å². The second kappa shape index (κ2) is 7.10. The van der Waals surface area contributed by atoms with Crippen LogP contribution in [0.5, 0.6) is 0 Å². The summed E-state index contributed by atoms with van der Waals surface area (Å²) in [5.41, 5.74) is 1.50. The maximum Gasteiger partial charge on any atom is 0.239 e. The molecule has 9 heteroatoms. The van der Waals surface area contributed by atoms with Gasteiger partial charge in [-0.3, -0.25) is 4.79 Å². The number of benzene rings is 1. The maximum atomic E-state index is 13.0. The van der Waals surface area contributed by atoms with Crippen LogP contribution in [0.15, 0.2) is 41.1 Å². The van der Waals surface area contributed by atoms with Gasteiger partial charge in [0.1, 0.15) is 12.1 Å². The molecule has 0 bridgehead atoms. The number of anilines is 1. The number of hydrogen-bond acceptors (Lipinski definition) is 6. The Morgan fingerprint density at radius 1 is 1.38 bits per heavy atom. The van der Waals surface area contributed by atoms with Crippen LogP contribution < -0.4 is 5.32 Å². The van der Waals surface area contributed by atoms with Crippen molar-refractivity contribution in [3.8, 4) is 11.3 Å². The predicted octanol–water partition coefficient (Wildman–Crippen LogP) is 3.20. The fourth-order valence-electron chi connectivity index (χ4n) is 1.88. The molecule has 3 aromatic rings. The SMILES string of the molecule is C[C@H](Sc1nncn1C)C(=O)Nc1nc(-c2ccc(F)cc2)cs1. The van der Waals surface area contributed by atoms with E-state index in [4.69, 9.17) is 0 Å². The largest absolute Gasteiger partial charge is 0.312 e. The minimum Gasteiger partial charge on any atom is -0.312 e. The van der Waals surface area contributed by atoms with Crippen molar-refractivity contribution in [2.75, 3.05) is 5.32 Å². The van der Waals surface area contributed by atoms with Gasteiger partial charge in [-0.2, -0.15) is 0 Å². The Morgan fingerprint density at radius 3 is 2.79 bits per heavy atom. The number of hydrogen-bond donors (Lipinski definition) is 1. The molecular weight excluding hydrogens is 349 g/mol. The van der Waals surface area contributed by atoms with Crippen molar-refractivity contribution in [2.45, 2.75) is 17.3 Å². The zero-order valence-corrected chi connectivity index (χ0v) is 14.6. The van der Waals surface area contributed by atoms with Crippen LogP contribution in [-0.2, 0) is 11.8 Å². The number of carbonyl (C=O) groups excluding carboxylic acids is 1. The summed E-state index contributed by atoms with van der Waals surface area (Å²) in [4.78, 5) is 16.6. The van der Waals surface area contributed by atoms with Gasteiger partial charge in [0.05, 0.1) is 10.9 Å². The molecular formula is C15H14FN5OS2. The summed E-state index contributed by atoms with van der Waals surface area (Å²) < 4.78 is 14.7. The average Bonchev–Trinajstić information content (AvgIpc) is 3.18. The molecule has 0 fully saturated rings. The first kappa shape index (κ1) is 16.6. The fraction of sp³-hybridized carbons (Fsp3) is 0.200. The molecule has 0 aliphatic carbocycles. The molecule has 0 radical (unpaired) electrons. The van der Waals surface area contributed by atoms with Crippen LogP contribution in [0.4, 0.5) is 9.52 Å². The molecule has 3 rings (SSSR count). The van der Waals surface area contributed by atoms with E-state index < -0.39 is 0 Å². The number of aromatic nitrogens is 4. The van der Waals surface area contributed by atoms with Gasteiger partial charge in [-0.1, -0.05) is 11.8 Å². The number of aryl methyl sites for hydroxylation is 1. The number of carbonyl (C=O) groups is 1. The molecule has 1 N–H and O–H groups in total. The topological polar surface area (TPSA) is 72.7 Å². The molecule has 2 aromatic heterocycles. The monoisotopic (exact) mass is 363 g/mol.